The molecule has 0 radical (unpaired) electrons. The highest BCUT2D eigenvalue weighted by Crippen LogP contribution is 2.01. The van der Waals surface area contributed by atoms with Crippen LogP contribution in [-0.2, 0) is 18.5 Å². The van der Waals surface area contributed by atoms with E-state index in [2.05, 4.69) is 44.9 Å². The Morgan fingerprint density at radius 2 is 1.00 bits per heavy atom. The molecule has 0 aromatic rings. The van der Waals surface area contributed by atoms with Crippen LogP contribution in [0, 0.1) is 0 Å². The van der Waals surface area contributed by atoms with Crippen molar-refractivity contribution in [3.8, 4) is 0 Å². The Hall–Kier alpha value is 0.234. The standard InChI is InChI=1S/C10H27NO4Si2/c1-16(2,3)14-9-7-12-11-13-8-10-15-17(4,5)6/h11H,7-10H2,1-6H3. The first-order valence-electron chi connectivity index (χ1n) is 5.97. The van der Waals surface area contributed by atoms with Gasteiger partial charge in [-0.25, -0.2) is 0 Å². The predicted molar refractivity (Wildman–Crippen MR) is 73.6 cm³/mol. The van der Waals surface area contributed by atoms with Gasteiger partial charge in [0.2, 0.25) is 0 Å². The van der Waals surface area contributed by atoms with E-state index in [0.717, 1.165) is 0 Å². The van der Waals surface area contributed by atoms with Gasteiger partial charge < -0.3 is 8.85 Å². The number of nitrogens with one attached hydrogen (secondary N) is 1. The fourth-order valence-electron chi connectivity index (χ4n) is 0.904. The summed E-state index contributed by atoms with van der Waals surface area (Å²) in [4.78, 5) is 10.1. The van der Waals surface area contributed by atoms with E-state index in [1.165, 1.54) is 0 Å². The lowest BCUT2D eigenvalue weighted by Crippen LogP contribution is -2.30. The molecule has 0 aliphatic carbocycles. The van der Waals surface area contributed by atoms with Gasteiger partial charge in [0.25, 0.3) is 0 Å². The molecule has 0 fully saturated rings. The van der Waals surface area contributed by atoms with Crippen molar-refractivity contribution >= 4 is 16.6 Å². The lowest BCUT2D eigenvalue weighted by atomic mass is 10.8. The highest BCUT2D eigenvalue weighted by Gasteiger charge is 2.14. The van der Waals surface area contributed by atoms with Crippen LogP contribution in [0.15, 0.2) is 0 Å². The molecule has 0 aliphatic rings. The van der Waals surface area contributed by atoms with E-state index in [0.29, 0.717) is 26.4 Å². The molecule has 0 rings (SSSR count). The maximum Gasteiger partial charge on any atom is 0.183 e. The molecular formula is C10H27NO4Si2. The van der Waals surface area contributed by atoms with Crippen molar-refractivity contribution in [2.45, 2.75) is 39.3 Å². The molecule has 17 heavy (non-hydrogen) atoms. The van der Waals surface area contributed by atoms with Crippen LogP contribution in [0.3, 0.4) is 0 Å². The Balaban J connectivity index is 3.15. The minimum atomic E-state index is -1.42. The van der Waals surface area contributed by atoms with Crippen LogP contribution in [0.4, 0.5) is 0 Å². The van der Waals surface area contributed by atoms with Gasteiger partial charge in [0.1, 0.15) is 0 Å². The highest BCUT2D eigenvalue weighted by atomic mass is 28.4. The Morgan fingerprint density at radius 1 is 0.647 bits per heavy atom. The Kier molecular flexibility index (Phi) is 8.47. The van der Waals surface area contributed by atoms with E-state index >= 15 is 0 Å². The molecule has 0 heterocycles. The molecule has 7 heteroatoms. The van der Waals surface area contributed by atoms with Gasteiger partial charge in [0, 0.05) is 0 Å². The van der Waals surface area contributed by atoms with Crippen LogP contribution in [0.5, 0.6) is 0 Å². The van der Waals surface area contributed by atoms with Crippen LogP contribution < -0.4 is 5.64 Å². The molecule has 104 valence electrons. The molecule has 0 amide bonds. The van der Waals surface area contributed by atoms with Crippen molar-refractivity contribution in [1.82, 2.24) is 5.64 Å². The van der Waals surface area contributed by atoms with Gasteiger partial charge in [-0.15, -0.1) is 0 Å². The van der Waals surface area contributed by atoms with Crippen LogP contribution in [0.2, 0.25) is 39.3 Å². The van der Waals surface area contributed by atoms with Crippen molar-refractivity contribution in [2.24, 2.45) is 0 Å². The Bertz CT molecular complexity index is 172. The highest BCUT2D eigenvalue weighted by molar-refractivity contribution is 6.70. The topological polar surface area (TPSA) is 49.0 Å². The molecule has 0 unspecified atom stereocenters. The van der Waals surface area contributed by atoms with Gasteiger partial charge in [0.05, 0.1) is 26.4 Å². The van der Waals surface area contributed by atoms with Gasteiger partial charge in [-0.05, 0) is 39.3 Å². The number of hydrogen-bond donors (Lipinski definition) is 1. The summed E-state index contributed by atoms with van der Waals surface area (Å²) in [5, 5.41) is 0. The fraction of sp³-hybridized carbons (Fsp3) is 1.00. The summed E-state index contributed by atoms with van der Waals surface area (Å²) in [6.07, 6.45) is 0. The van der Waals surface area contributed by atoms with Crippen molar-refractivity contribution in [2.75, 3.05) is 26.4 Å². The van der Waals surface area contributed by atoms with E-state index in [4.69, 9.17) is 18.5 Å². The summed E-state index contributed by atoms with van der Waals surface area (Å²) < 4.78 is 11.2. The molecule has 0 aliphatic heterocycles. The smallest absolute Gasteiger partial charge is 0.183 e. The summed E-state index contributed by atoms with van der Waals surface area (Å²) in [7, 11) is -2.85. The van der Waals surface area contributed by atoms with Crippen molar-refractivity contribution in [1.29, 1.82) is 0 Å². The average Bonchev–Trinajstić information content (AvgIpc) is 2.11. The first-order chi connectivity index (χ1) is 7.71. The molecular weight excluding hydrogens is 254 g/mol. The third kappa shape index (κ3) is 16.2. The average molecular weight is 282 g/mol. The van der Waals surface area contributed by atoms with Crippen molar-refractivity contribution < 1.29 is 18.5 Å². The van der Waals surface area contributed by atoms with Gasteiger partial charge in [-0.2, -0.15) is 0 Å². The normalized spacial score (nSPS) is 13.1. The minimum absolute atomic E-state index is 0.485. The van der Waals surface area contributed by atoms with Crippen molar-refractivity contribution in [3.63, 3.8) is 0 Å². The molecule has 1 N–H and O–H groups in total. The lowest BCUT2D eigenvalue weighted by molar-refractivity contribution is -0.177. The van der Waals surface area contributed by atoms with Crippen LogP contribution in [-0.4, -0.2) is 43.1 Å². The van der Waals surface area contributed by atoms with Crippen molar-refractivity contribution in [3.05, 3.63) is 0 Å². The fourth-order valence-corrected chi connectivity index (χ4v) is 2.30. The van der Waals surface area contributed by atoms with E-state index in [1.54, 1.807) is 0 Å². The van der Waals surface area contributed by atoms with Crippen LogP contribution >= 0.6 is 0 Å². The predicted octanol–water partition coefficient (Wildman–Crippen LogP) is 2.14. The largest absolute Gasteiger partial charge is 0.415 e. The molecule has 0 saturated heterocycles. The summed E-state index contributed by atoms with van der Waals surface area (Å²) >= 11 is 0. The zero-order valence-electron chi connectivity index (χ0n) is 12.0. The van der Waals surface area contributed by atoms with E-state index in [9.17, 15) is 0 Å². The van der Waals surface area contributed by atoms with Gasteiger partial charge >= 0.3 is 0 Å². The first kappa shape index (κ1) is 17.2. The van der Waals surface area contributed by atoms with Crippen LogP contribution in [0.25, 0.3) is 0 Å². The maximum absolute atomic E-state index is 5.60. The quantitative estimate of drug-likeness (QED) is 0.378. The van der Waals surface area contributed by atoms with Gasteiger partial charge in [0.15, 0.2) is 16.6 Å². The second-order valence-corrected chi connectivity index (χ2v) is 14.7. The maximum atomic E-state index is 5.60. The molecule has 0 atom stereocenters. The molecule has 0 spiro atoms. The van der Waals surface area contributed by atoms with E-state index in [1.807, 2.05) is 0 Å². The second-order valence-electron chi connectivity index (χ2n) is 5.70. The molecule has 5 nitrogen and oxygen atoms in total. The number of hydrogen-bond acceptors (Lipinski definition) is 5. The summed E-state index contributed by atoms with van der Waals surface area (Å²) in [5.41, 5.74) is 2.43. The monoisotopic (exact) mass is 281 g/mol. The van der Waals surface area contributed by atoms with E-state index < -0.39 is 16.6 Å². The van der Waals surface area contributed by atoms with Gasteiger partial charge in [-0.1, -0.05) is 5.64 Å². The van der Waals surface area contributed by atoms with Gasteiger partial charge in [-0.3, -0.25) is 9.68 Å². The third-order valence-corrected chi connectivity index (χ3v) is 3.70. The summed E-state index contributed by atoms with van der Waals surface area (Å²) in [6, 6.07) is 0. The summed E-state index contributed by atoms with van der Waals surface area (Å²) in [6.45, 7) is 15.0. The molecule has 0 aromatic carbocycles. The minimum Gasteiger partial charge on any atom is -0.415 e. The summed E-state index contributed by atoms with van der Waals surface area (Å²) in [5.74, 6) is 0. The van der Waals surface area contributed by atoms with E-state index in [-0.39, 0.29) is 0 Å². The third-order valence-electron chi connectivity index (χ3n) is 1.56. The lowest BCUT2D eigenvalue weighted by Gasteiger charge is -2.17. The Labute approximate surface area is 107 Å². The zero-order valence-corrected chi connectivity index (χ0v) is 14.0. The molecule has 0 saturated carbocycles. The Morgan fingerprint density at radius 3 is 1.29 bits per heavy atom. The SMILES string of the molecule is C[Si](C)(C)OCCONOCCO[Si](C)(C)C. The second kappa shape index (κ2) is 8.36. The van der Waals surface area contributed by atoms with Crippen LogP contribution in [0.1, 0.15) is 0 Å². The molecule has 0 aromatic heterocycles. The number of rotatable bonds is 10. The molecule has 0 bridgehead atoms. The zero-order chi connectivity index (χ0) is 13.4. The first-order valence-corrected chi connectivity index (χ1v) is 12.8.